The van der Waals surface area contributed by atoms with Gasteiger partial charge in [-0.15, -0.1) is 10.2 Å². The van der Waals surface area contributed by atoms with Crippen molar-refractivity contribution in [1.29, 1.82) is 0 Å². The van der Waals surface area contributed by atoms with E-state index < -0.39 is 6.10 Å². The molecule has 0 saturated heterocycles. The number of thioether (sulfide) groups is 1. The van der Waals surface area contributed by atoms with Crippen LogP contribution in [0.25, 0.3) is 5.69 Å². The van der Waals surface area contributed by atoms with Crippen LogP contribution in [0.4, 0.5) is 4.39 Å². The molecule has 1 aliphatic carbocycles. The van der Waals surface area contributed by atoms with Gasteiger partial charge >= 0.3 is 0 Å². The molecule has 7 heteroatoms. The summed E-state index contributed by atoms with van der Waals surface area (Å²) in [6.45, 7) is 0.275. The predicted molar refractivity (Wildman–Crippen MR) is 106 cm³/mol. The lowest BCUT2D eigenvalue weighted by atomic mass is 10.2. The molecule has 0 radical (unpaired) electrons. The lowest BCUT2D eigenvalue weighted by molar-refractivity contribution is 0.0386. The summed E-state index contributed by atoms with van der Waals surface area (Å²) in [6, 6.07) is 16.5. The van der Waals surface area contributed by atoms with Crippen molar-refractivity contribution in [3.05, 3.63) is 71.8 Å². The lowest BCUT2D eigenvalue weighted by Gasteiger charge is -2.13. The minimum absolute atomic E-state index is 0.135. The summed E-state index contributed by atoms with van der Waals surface area (Å²) in [7, 11) is 0. The van der Waals surface area contributed by atoms with E-state index in [0.29, 0.717) is 17.2 Å². The minimum Gasteiger partial charge on any atom is -0.390 e. The molecule has 1 N–H and O–H groups in total. The van der Waals surface area contributed by atoms with Gasteiger partial charge in [-0.25, -0.2) is 4.39 Å². The van der Waals surface area contributed by atoms with Crippen molar-refractivity contribution in [2.45, 2.75) is 36.6 Å². The highest BCUT2D eigenvalue weighted by molar-refractivity contribution is 7.99. The molecule has 1 aromatic heterocycles. The molecule has 28 heavy (non-hydrogen) atoms. The first kappa shape index (κ1) is 19.1. The highest BCUT2D eigenvalue weighted by Crippen LogP contribution is 2.41. The van der Waals surface area contributed by atoms with Gasteiger partial charge in [0.2, 0.25) is 0 Å². The fourth-order valence-electron chi connectivity index (χ4n) is 2.94. The first-order valence-corrected chi connectivity index (χ1v) is 10.3. The molecule has 3 aromatic rings. The molecule has 1 atom stereocenters. The summed E-state index contributed by atoms with van der Waals surface area (Å²) in [4.78, 5) is 0. The number of halogens is 1. The van der Waals surface area contributed by atoms with Gasteiger partial charge in [0.05, 0.1) is 19.3 Å². The number of aliphatic hydroxyl groups is 1. The van der Waals surface area contributed by atoms with Gasteiger partial charge in [-0.2, -0.15) is 0 Å². The van der Waals surface area contributed by atoms with Crippen LogP contribution in [0.1, 0.15) is 30.1 Å². The second-order valence-electron chi connectivity index (χ2n) is 6.86. The number of aliphatic hydroxyl groups excluding tert-OH is 1. The van der Waals surface area contributed by atoms with Gasteiger partial charge in [-0.05, 0) is 31.0 Å². The van der Waals surface area contributed by atoms with Crippen LogP contribution in [0.3, 0.4) is 0 Å². The second kappa shape index (κ2) is 8.86. The van der Waals surface area contributed by atoms with E-state index >= 15 is 0 Å². The number of rotatable bonds is 9. The third kappa shape index (κ3) is 4.60. The van der Waals surface area contributed by atoms with Crippen molar-refractivity contribution in [3.8, 4) is 5.69 Å². The Labute approximate surface area is 167 Å². The fraction of sp³-hybridized carbons (Fsp3) is 0.333. The topological polar surface area (TPSA) is 60.2 Å². The monoisotopic (exact) mass is 399 g/mol. The standard InChI is InChI=1S/C21H22FN3O2S/c22-19-9-5-4-6-16(19)12-27-13-18(26)14-28-21-24-23-20(15-10-11-15)25(21)17-7-2-1-3-8-17/h1-9,15,18,26H,10-14H2. The number of para-hydroxylation sites is 1. The Hall–Kier alpha value is -2.22. The maximum Gasteiger partial charge on any atom is 0.195 e. The Morgan fingerprint density at radius 2 is 1.86 bits per heavy atom. The summed E-state index contributed by atoms with van der Waals surface area (Å²) in [5.74, 6) is 1.58. The van der Waals surface area contributed by atoms with Crippen molar-refractivity contribution in [3.63, 3.8) is 0 Å². The zero-order chi connectivity index (χ0) is 19.3. The number of ether oxygens (including phenoxy) is 1. The molecule has 0 amide bonds. The molecular weight excluding hydrogens is 377 g/mol. The van der Waals surface area contributed by atoms with E-state index in [4.69, 9.17) is 4.74 Å². The summed E-state index contributed by atoms with van der Waals surface area (Å²) < 4.78 is 21.1. The van der Waals surface area contributed by atoms with Gasteiger partial charge in [0.1, 0.15) is 11.6 Å². The van der Waals surface area contributed by atoms with Gasteiger partial charge in [-0.3, -0.25) is 4.57 Å². The Bertz CT molecular complexity index is 915. The second-order valence-corrected chi connectivity index (χ2v) is 7.84. The Kier molecular flexibility index (Phi) is 6.04. The molecule has 0 aliphatic heterocycles. The zero-order valence-corrected chi connectivity index (χ0v) is 16.2. The van der Waals surface area contributed by atoms with Crippen molar-refractivity contribution in [1.82, 2.24) is 14.8 Å². The summed E-state index contributed by atoms with van der Waals surface area (Å²) in [5.41, 5.74) is 1.52. The van der Waals surface area contributed by atoms with Crippen LogP contribution in [-0.2, 0) is 11.3 Å². The van der Waals surface area contributed by atoms with Crippen molar-refractivity contribution < 1.29 is 14.2 Å². The third-order valence-corrected chi connectivity index (χ3v) is 5.62. The highest BCUT2D eigenvalue weighted by Gasteiger charge is 2.31. The van der Waals surface area contributed by atoms with E-state index in [-0.39, 0.29) is 19.0 Å². The molecule has 1 unspecified atom stereocenters. The average molecular weight is 399 g/mol. The third-order valence-electron chi connectivity index (χ3n) is 4.55. The van der Waals surface area contributed by atoms with Crippen LogP contribution in [0.2, 0.25) is 0 Å². The van der Waals surface area contributed by atoms with Crippen molar-refractivity contribution in [2.75, 3.05) is 12.4 Å². The van der Waals surface area contributed by atoms with Gasteiger partial charge in [0, 0.05) is 22.9 Å². The smallest absolute Gasteiger partial charge is 0.195 e. The number of aromatic nitrogens is 3. The molecule has 1 heterocycles. The largest absolute Gasteiger partial charge is 0.390 e. The van der Waals surface area contributed by atoms with Crippen molar-refractivity contribution in [2.24, 2.45) is 0 Å². The van der Waals surface area contributed by atoms with Crippen LogP contribution in [0.15, 0.2) is 59.8 Å². The van der Waals surface area contributed by atoms with Gasteiger partial charge in [-0.1, -0.05) is 48.2 Å². The Morgan fingerprint density at radius 3 is 2.61 bits per heavy atom. The van der Waals surface area contributed by atoms with Gasteiger partial charge in [0.15, 0.2) is 5.16 Å². The number of hydrogen-bond acceptors (Lipinski definition) is 5. The van der Waals surface area contributed by atoms with E-state index in [9.17, 15) is 9.50 Å². The fourth-order valence-corrected chi connectivity index (χ4v) is 3.80. The van der Waals surface area contributed by atoms with E-state index in [1.54, 1.807) is 18.2 Å². The Morgan fingerprint density at radius 1 is 1.11 bits per heavy atom. The number of nitrogens with zero attached hydrogens (tertiary/aromatic N) is 3. The van der Waals surface area contributed by atoms with Gasteiger partial charge in [0.25, 0.3) is 0 Å². The summed E-state index contributed by atoms with van der Waals surface area (Å²) in [6.07, 6.45) is 1.60. The molecule has 4 rings (SSSR count). The van der Waals surface area contributed by atoms with E-state index in [0.717, 1.165) is 29.5 Å². The Balaban J connectivity index is 1.35. The molecule has 1 aliphatic rings. The molecular formula is C21H22FN3O2S. The van der Waals surface area contributed by atoms with Crippen LogP contribution in [0, 0.1) is 5.82 Å². The van der Waals surface area contributed by atoms with Crippen LogP contribution < -0.4 is 0 Å². The van der Waals surface area contributed by atoms with Crippen LogP contribution >= 0.6 is 11.8 Å². The SMILES string of the molecule is OC(COCc1ccccc1F)CSc1nnc(C2CC2)n1-c1ccccc1. The summed E-state index contributed by atoms with van der Waals surface area (Å²) in [5, 5.41) is 19.7. The minimum atomic E-state index is -0.679. The number of hydrogen-bond donors (Lipinski definition) is 1. The van der Waals surface area contributed by atoms with Crippen LogP contribution in [-0.4, -0.2) is 38.3 Å². The molecule has 5 nitrogen and oxygen atoms in total. The number of benzene rings is 2. The summed E-state index contributed by atoms with van der Waals surface area (Å²) >= 11 is 1.45. The average Bonchev–Trinajstić information content (AvgIpc) is 3.48. The van der Waals surface area contributed by atoms with Gasteiger partial charge < -0.3 is 9.84 Å². The van der Waals surface area contributed by atoms with E-state index in [2.05, 4.69) is 14.8 Å². The molecule has 1 fully saturated rings. The predicted octanol–water partition coefficient (Wildman–Crippen LogP) is 3.95. The molecule has 146 valence electrons. The first-order chi connectivity index (χ1) is 13.7. The normalized spacial score (nSPS) is 14.9. The quantitative estimate of drug-likeness (QED) is 0.552. The van der Waals surface area contributed by atoms with Crippen molar-refractivity contribution >= 4 is 11.8 Å². The highest BCUT2D eigenvalue weighted by atomic mass is 32.2. The maximum atomic E-state index is 13.6. The first-order valence-electron chi connectivity index (χ1n) is 9.35. The molecule has 0 spiro atoms. The molecule has 2 aromatic carbocycles. The molecule has 1 saturated carbocycles. The van der Waals surface area contributed by atoms with E-state index in [1.165, 1.54) is 17.8 Å². The zero-order valence-electron chi connectivity index (χ0n) is 15.4. The maximum absolute atomic E-state index is 13.6. The van der Waals surface area contributed by atoms with E-state index in [1.807, 2.05) is 30.3 Å². The van der Waals surface area contributed by atoms with Crippen LogP contribution in [0.5, 0.6) is 0 Å². The lowest BCUT2D eigenvalue weighted by Crippen LogP contribution is -2.18. The molecule has 0 bridgehead atoms.